The SMILES string of the molecule is CCc1c(-c2[nH]c3ccc(C4CCN(C)CC4)cc3c2C(C)C)cn2ncnc2c1C. The maximum absolute atomic E-state index is 4.47. The molecule has 5 heteroatoms. The zero-order chi connectivity index (χ0) is 21.7. The van der Waals surface area contributed by atoms with Crippen LogP contribution in [-0.4, -0.2) is 44.6 Å². The van der Waals surface area contributed by atoms with E-state index >= 15 is 0 Å². The summed E-state index contributed by atoms with van der Waals surface area (Å²) in [5.41, 5.74) is 10.1. The molecular formula is C26H33N5. The molecular weight excluding hydrogens is 382 g/mol. The van der Waals surface area contributed by atoms with Gasteiger partial charge in [0.1, 0.15) is 6.33 Å². The van der Waals surface area contributed by atoms with Gasteiger partial charge in [0.25, 0.3) is 0 Å². The average molecular weight is 416 g/mol. The zero-order valence-corrected chi connectivity index (χ0v) is 19.4. The number of rotatable bonds is 4. The number of aryl methyl sites for hydroxylation is 1. The summed E-state index contributed by atoms with van der Waals surface area (Å²) in [6.45, 7) is 11.4. The molecule has 1 N–H and O–H groups in total. The maximum atomic E-state index is 4.47. The first-order valence-corrected chi connectivity index (χ1v) is 11.6. The van der Waals surface area contributed by atoms with Crippen LogP contribution in [-0.2, 0) is 6.42 Å². The van der Waals surface area contributed by atoms with Gasteiger partial charge in [0.05, 0.1) is 5.69 Å². The van der Waals surface area contributed by atoms with E-state index in [0.717, 1.165) is 12.1 Å². The van der Waals surface area contributed by atoms with Crippen LogP contribution in [0.25, 0.3) is 27.8 Å². The summed E-state index contributed by atoms with van der Waals surface area (Å²) in [6.07, 6.45) is 7.27. The smallest absolute Gasteiger partial charge is 0.158 e. The molecule has 0 unspecified atom stereocenters. The Morgan fingerprint density at radius 1 is 1.19 bits per heavy atom. The van der Waals surface area contributed by atoms with Gasteiger partial charge in [-0.05, 0) is 92.5 Å². The molecule has 5 nitrogen and oxygen atoms in total. The van der Waals surface area contributed by atoms with E-state index in [-0.39, 0.29) is 0 Å². The lowest BCUT2D eigenvalue weighted by Crippen LogP contribution is -2.29. The maximum Gasteiger partial charge on any atom is 0.158 e. The van der Waals surface area contributed by atoms with Crippen molar-refractivity contribution in [2.75, 3.05) is 20.1 Å². The van der Waals surface area contributed by atoms with E-state index in [1.165, 1.54) is 70.3 Å². The molecule has 0 spiro atoms. The largest absolute Gasteiger partial charge is 0.354 e. The number of piperidine rings is 1. The minimum Gasteiger partial charge on any atom is -0.354 e. The lowest BCUT2D eigenvalue weighted by atomic mass is 9.87. The molecule has 3 aromatic heterocycles. The van der Waals surface area contributed by atoms with Crippen molar-refractivity contribution in [2.45, 2.75) is 58.8 Å². The van der Waals surface area contributed by atoms with Crippen molar-refractivity contribution in [2.24, 2.45) is 0 Å². The summed E-state index contributed by atoms with van der Waals surface area (Å²) in [6, 6.07) is 7.10. The fourth-order valence-corrected chi connectivity index (χ4v) is 5.46. The van der Waals surface area contributed by atoms with E-state index in [4.69, 9.17) is 0 Å². The summed E-state index contributed by atoms with van der Waals surface area (Å²) in [7, 11) is 2.23. The highest BCUT2D eigenvalue weighted by Crippen LogP contribution is 2.40. The number of benzene rings is 1. The van der Waals surface area contributed by atoms with Gasteiger partial charge >= 0.3 is 0 Å². The zero-order valence-electron chi connectivity index (χ0n) is 19.4. The van der Waals surface area contributed by atoms with Gasteiger partial charge in [-0.2, -0.15) is 5.10 Å². The second-order valence-corrected chi connectivity index (χ2v) is 9.48. The molecule has 1 aliphatic rings. The van der Waals surface area contributed by atoms with Crippen LogP contribution in [0.5, 0.6) is 0 Å². The highest BCUT2D eigenvalue weighted by Gasteiger charge is 2.23. The first-order valence-electron chi connectivity index (χ1n) is 11.6. The van der Waals surface area contributed by atoms with Gasteiger partial charge in [-0.3, -0.25) is 0 Å². The fraction of sp³-hybridized carbons (Fsp3) is 0.462. The summed E-state index contributed by atoms with van der Waals surface area (Å²) in [4.78, 5) is 10.7. The Labute approximate surface area is 184 Å². The molecule has 1 fully saturated rings. The summed E-state index contributed by atoms with van der Waals surface area (Å²) in [5, 5.41) is 5.81. The number of H-pyrrole nitrogens is 1. The van der Waals surface area contributed by atoms with Crippen LogP contribution in [0.2, 0.25) is 0 Å². The number of aromatic nitrogens is 4. The number of pyridine rings is 1. The average Bonchev–Trinajstić information content (AvgIpc) is 3.38. The molecule has 162 valence electrons. The van der Waals surface area contributed by atoms with Crippen molar-refractivity contribution in [3.05, 3.63) is 53.0 Å². The van der Waals surface area contributed by atoms with Gasteiger partial charge in [0.15, 0.2) is 5.65 Å². The van der Waals surface area contributed by atoms with Crippen molar-refractivity contribution >= 4 is 16.6 Å². The van der Waals surface area contributed by atoms with E-state index in [1.807, 2.05) is 4.52 Å². The predicted molar refractivity (Wildman–Crippen MR) is 128 cm³/mol. The van der Waals surface area contributed by atoms with E-state index < -0.39 is 0 Å². The first-order chi connectivity index (χ1) is 15.0. The minimum absolute atomic E-state index is 0.424. The van der Waals surface area contributed by atoms with Crippen LogP contribution in [0.1, 0.15) is 67.7 Å². The van der Waals surface area contributed by atoms with Gasteiger partial charge in [-0.1, -0.05) is 26.8 Å². The molecule has 31 heavy (non-hydrogen) atoms. The van der Waals surface area contributed by atoms with E-state index in [2.05, 4.69) is 79.1 Å². The number of hydrogen-bond donors (Lipinski definition) is 1. The standard InChI is InChI=1S/C26H33N5/c1-6-20-17(4)26-27-15-28-31(26)14-22(20)25-24(16(2)3)21-13-19(7-8-23(21)29-25)18-9-11-30(5)12-10-18/h7-8,13-16,18,29H,6,9-12H2,1-5H3. The first kappa shape index (κ1) is 20.3. The third-order valence-electron chi connectivity index (χ3n) is 7.19. The molecule has 0 radical (unpaired) electrons. The van der Waals surface area contributed by atoms with Crippen LogP contribution >= 0.6 is 0 Å². The molecule has 4 heterocycles. The van der Waals surface area contributed by atoms with Gasteiger partial charge in [-0.15, -0.1) is 0 Å². The predicted octanol–water partition coefficient (Wildman–Crippen LogP) is 5.68. The Balaban J connectivity index is 1.69. The van der Waals surface area contributed by atoms with E-state index in [9.17, 15) is 0 Å². The van der Waals surface area contributed by atoms with Crippen LogP contribution < -0.4 is 0 Å². The fourth-order valence-electron chi connectivity index (χ4n) is 5.46. The molecule has 0 aliphatic carbocycles. The Hall–Kier alpha value is -2.66. The third kappa shape index (κ3) is 3.35. The quantitative estimate of drug-likeness (QED) is 0.466. The van der Waals surface area contributed by atoms with Crippen LogP contribution in [0.4, 0.5) is 0 Å². The van der Waals surface area contributed by atoms with E-state index in [1.54, 1.807) is 6.33 Å². The van der Waals surface area contributed by atoms with E-state index in [0.29, 0.717) is 11.8 Å². The van der Waals surface area contributed by atoms with Crippen molar-refractivity contribution in [1.29, 1.82) is 0 Å². The highest BCUT2D eigenvalue weighted by atomic mass is 15.3. The topological polar surface area (TPSA) is 49.2 Å². The Morgan fingerprint density at radius 3 is 2.68 bits per heavy atom. The number of aromatic amines is 1. The molecule has 0 amide bonds. The highest BCUT2D eigenvalue weighted by molar-refractivity contribution is 5.92. The lowest BCUT2D eigenvalue weighted by Gasteiger charge is -2.29. The Kier molecular flexibility index (Phi) is 5.09. The van der Waals surface area contributed by atoms with Crippen molar-refractivity contribution in [3.8, 4) is 11.3 Å². The van der Waals surface area contributed by atoms with Crippen LogP contribution in [0.3, 0.4) is 0 Å². The van der Waals surface area contributed by atoms with Gasteiger partial charge < -0.3 is 9.88 Å². The summed E-state index contributed by atoms with van der Waals surface area (Å²) in [5.74, 6) is 1.09. The molecule has 4 aromatic rings. The van der Waals surface area contributed by atoms with Crippen molar-refractivity contribution < 1.29 is 0 Å². The number of nitrogens with one attached hydrogen (secondary N) is 1. The van der Waals surface area contributed by atoms with Crippen molar-refractivity contribution in [1.82, 2.24) is 24.5 Å². The molecule has 1 saturated heterocycles. The van der Waals surface area contributed by atoms with Crippen LogP contribution in [0.15, 0.2) is 30.7 Å². The van der Waals surface area contributed by atoms with Crippen LogP contribution in [0, 0.1) is 6.92 Å². The molecule has 0 atom stereocenters. The van der Waals surface area contributed by atoms with Gasteiger partial charge in [0.2, 0.25) is 0 Å². The number of nitrogens with zero attached hydrogens (tertiary/aromatic N) is 4. The Morgan fingerprint density at radius 2 is 1.97 bits per heavy atom. The monoisotopic (exact) mass is 415 g/mol. The molecule has 1 aromatic carbocycles. The van der Waals surface area contributed by atoms with Gasteiger partial charge in [-0.25, -0.2) is 9.50 Å². The normalized spacial score (nSPS) is 16.2. The second kappa shape index (κ2) is 7.79. The number of likely N-dealkylation sites (tertiary alicyclic amines) is 1. The third-order valence-corrected chi connectivity index (χ3v) is 7.19. The number of hydrogen-bond acceptors (Lipinski definition) is 3. The Bertz CT molecular complexity index is 1240. The molecule has 0 saturated carbocycles. The summed E-state index contributed by atoms with van der Waals surface area (Å²) < 4.78 is 1.92. The molecule has 0 bridgehead atoms. The van der Waals surface area contributed by atoms with Crippen molar-refractivity contribution in [3.63, 3.8) is 0 Å². The lowest BCUT2D eigenvalue weighted by molar-refractivity contribution is 0.255. The second-order valence-electron chi connectivity index (χ2n) is 9.48. The summed E-state index contributed by atoms with van der Waals surface area (Å²) >= 11 is 0. The molecule has 5 rings (SSSR count). The number of fused-ring (bicyclic) bond motifs is 2. The van der Waals surface area contributed by atoms with Gasteiger partial charge in [0, 0.05) is 22.7 Å². The minimum atomic E-state index is 0.424. The molecule has 1 aliphatic heterocycles.